The van der Waals surface area contributed by atoms with Crippen LogP contribution in [-0.2, 0) is 4.79 Å². The van der Waals surface area contributed by atoms with Gasteiger partial charge in [0.15, 0.2) is 0 Å². The van der Waals surface area contributed by atoms with Crippen molar-refractivity contribution in [2.24, 2.45) is 11.5 Å². The molecule has 0 spiro atoms. The number of carbonyl (C=O) groups is 1. The molecule has 0 aliphatic heterocycles. The Bertz CT molecular complexity index is 273. The summed E-state index contributed by atoms with van der Waals surface area (Å²) < 4.78 is 13.0. The molecule has 0 saturated heterocycles. The van der Waals surface area contributed by atoms with Gasteiger partial charge in [-0.3, -0.25) is 15.5 Å². The number of hydrogen-bond acceptors (Lipinski definition) is 2. The highest BCUT2D eigenvalue weighted by Crippen LogP contribution is 2.00. The van der Waals surface area contributed by atoms with Crippen LogP contribution in [0, 0.1) is 0 Å². The standard InChI is InChI=1S/C9H16FN3O2/c1-6(11)13-5-7(10)3-2-4-8(12)9(14)15/h3,8H,2,4-5,12H2,1H3,(H2,11,13)(H,14,15)/p+1/b7-3-. The van der Waals surface area contributed by atoms with E-state index in [4.69, 9.17) is 16.6 Å². The molecular weight excluding hydrogens is 201 g/mol. The van der Waals surface area contributed by atoms with E-state index >= 15 is 0 Å². The molecular formula is C9H17FN3O2+. The molecule has 15 heavy (non-hydrogen) atoms. The summed E-state index contributed by atoms with van der Waals surface area (Å²) >= 11 is 0. The molecule has 6 N–H and O–H groups in total. The Morgan fingerprint density at radius 2 is 2.27 bits per heavy atom. The Morgan fingerprint density at radius 3 is 2.73 bits per heavy atom. The van der Waals surface area contributed by atoms with Crippen molar-refractivity contribution >= 4 is 11.8 Å². The summed E-state index contributed by atoms with van der Waals surface area (Å²) in [5.74, 6) is -1.02. The van der Waals surface area contributed by atoms with Crippen LogP contribution in [0.4, 0.5) is 4.39 Å². The fourth-order valence-corrected chi connectivity index (χ4v) is 0.839. The average molecular weight is 218 g/mol. The van der Waals surface area contributed by atoms with Crippen molar-refractivity contribution < 1.29 is 19.3 Å². The molecule has 0 bridgehead atoms. The normalized spacial score (nSPS) is 15.1. The predicted octanol–water partition coefficient (Wildman–Crippen LogP) is -1.51. The van der Waals surface area contributed by atoms with E-state index in [1.807, 2.05) is 0 Å². The number of halogens is 1. The lowest BCUT2D eigenvalue weighted by atomic mass is 10.1. The lowest BCUT2D eigenvalue weighted by Gasteiger charge is -2.02. The van der Waals surface area contributed by atoms with Gasteiger partial charge < -0.3 is 10.8 Å². The Morgan fingerprint density at radius 1 is 1.67 bits per heavy atom. The molecule has 0 saturated carbocycles. The summed E-state index contributed by atoms with van der Waals surface area (Å²) in [5.41, 5.74) is 10.5. The van der Waals surface area contributed by atoms with Crippen molar-refractivity contribution in [3.8, 4) is 0 Å². The zero-order chi connectivity index (χ0) is 11.8. The van der Waals surface area contributed by atoms with E-state index < -0.39 is 12.0 Å². The maximum atomic E-state index is 13.0. The Kier molecular flexibility index (Phi) is 6.28. The van der Waals surface area contributed by atoms with E-state index in [-0.39, 0.29) is 18.8 Å². The Hall–Kier alpha value is -1.43. The van der Waals surface area contributed by atoms with Gasteiger partial charge in [0.2, 0.25) is 5.84 Å². The molecule has 1 unspecified atom stereocenters. The molecule has 86 valence electrons. The number of carboxylic acids is 1. The summed E-state index contributed by atoms with van der Waals surface area (Å²) in [7, 11) is 0. The SMILES string of the molecule is CC(N)=[NH+]C/C(F)=C/CCC(N)C(=O)O. The van der Waals surface area contributed by atoms with Gasteiger partial charge in [0, 0.05) is 6.92 Å². The van der Waals surface area contributed by atoms with Gasteiger partial charge in [0.25, 0.3) is 0 Å². The van der Waals surface area contributed by atoms with Crippen molar-refractivity contribution in [3.05, 3.63) is 11.9 Å². The van der Waals surface area contributed by atoms with Gasteiger partial charge in [0.05, 0.1) is 0 Å². The highest BCUT2D eigenvalue weighted by atomic mass is 19.1. The largest absolute Gasteiger partial charge is 0.480 e. The zero-order valence-corrected chi connectivity index (χ0v) is 8.66. The summed E-state index contributed by atoms with van der Waals surface area (Å²) in [6.07, 6.45) is 1.82. The Balaban J connectivity index is 3.86. The van der Waals surface area contributed by atoms with E-state index in [2.05, 4.69) is 4.99 Å². The van der Waals surface area contributed by atoms with E-state index in [0.717, 1.165) is 0 Å². The molecule has 0 rings (SSSR count). The number of amidine groups is 1. The molecule has 0 heterocycles. The first-order chi connectivity index (χ1) is 6.93. The molecule has 0 radical (unpaired) electrons. The molecule has 6 heteroatoms. The molecule has 0 amide bonds. The van der Waals surface area contributed by atoms with Crippen LogP contribution in [0.1, 0.15) is 19.8 Å². The third-order valence-electron chi connectivity index (χ3n) is 1.70. The van der Waals surface area contributed by atoms with Crippen LogP contribution in [-0.4, -0.2) is 29.5 Å². The third-order valence-corrected chi connectivity index (χ3v) is 1.70. The van der Waals surface area contributed by atoms with Gasteiger partial charge in [-0.15, -0.1) is 0 Å². The van der Waals surface area contributed by atoms with Crippen LogP contribution in [0.2, 0.25) is 0 Å². The summed E-state index contributed by atoms with van der Waals surface area (Å²) in [5, 5.41) is 8.45. The predicted molar refractivity (Wildman–Crippen MR) is 54.7 cm³/mol. The van der Waals surface area contributed by atoms with E-state index in [1.54, 1.807) is 6.92 Å². The third kappa shape index (κ3) is 7.63. The van der Waals surface area contributed by atoms with Crippen LogP contribution in [0.5, 0.6) is 0 Å². The van der Waals surface area contributed by atoms with Gasteiger partial charge in [-0.1, -0.05) is 0 Å². The molecule has 0 aliphatic rings. The van der Waals surface area contributed by atoms with E-state index in [9.17, 15) is 9.18 Å². The second-order valence-corrected chi connectivity index (χ2v) is 3.21. The maximum Gasteiger partial charge on any atom is 0.320 e. The molecule has 0 fully saturated rings. The molecule has 0 aromatic heterocycles. The van der Waals surface area contributed by atoms with Gasteiger partial charge in [-0.25, -0.2) is 4.39 Å². The van der Waals surface area contributed by atoms with Gasteiger partial charge in [-0.2, -0.15) is 0 Å². The maximum absolute atomic E-state index is 13.0. The second-order valence-electron chi connectivity index (χ2n) is 3.21. The van der Waals surface area contributed by atoms with Crippen LogP contribution in [0.15, 0.2) is 11.9 Å². The van der Waals surface area contributed by atoms with Gasteiger partial charge >= 0.3 is 5.97 Å². The van der Waals surface area contributed by atoms with E-state index in [0.29, 0.717) is 12.3 Å². The number of rotatable bonds is 6. The summed E-state index contributed by atoms with van der Waals surface area (Å²) in [6, 6.07) is -0.940. The van der Waals surface area contributed by atoms with Crippen molar-refractivity contribution in [2.75, 3.05) is 6.54 Å². The first kappa shape index (κ1) is 13.6. The number of hydrogen-bond donors (Lipinski definition) is 4. The van der Waals surface area contributed by atoms with Gasteiger partial charge in [0.1, 0.15) is 18.4 Å². The first-order valence-corrected chi connectivity index (χ1v) is 4.59. The minimum atomic E-state index is -1.08. The fourth-order valence-electron chi connectivity index (χ4n) is 0.839. The van der Waals surface area contributed by atoms with Crippen molar-refractivity contribution in [2.45, 2.75) is 25.8 Å². The first-order valence-electron chi connectivity index (χ1n) is 4.59. The molecule has 0 aliphatic carbocycles. The average Bonchev–Trinajstić information content (AvgIpc) is 2.14. The zero-order valence-electron chi connectivity index (χ0n) is 8.66. The number of nitrogens with two attached hydrogens (primary N) is 2. The van der Waals surface area contributed by atoms with Crippen LogP contribution >= 0.6 is 0 Å². The monoisotopic (exact) mass is 218 g/mol. The minimum absolute atomic E-state index is 0.0185. The number of aliphatic carboxylic acids is 1. The second kappa shape index (κ2) is 6.94. The van der Waals surface area contributed by atoms with Crippen LogP contribution in [0.25, 0.3) is 0 Å². The van der Waals surface area contributed by atoms with Crippen molar-refractivity contribution in [3.63, 3.8) is 0 Å². The fraction of sp³-hybridized carbons (Fsp3) is 0.556. The molecule has 1 atom stereocenters. The highest BCUT2D eigenvalue weighted by Gasteiger charge is 2.09. The topological polar surface area (TPSA) is 103 Å². The number of allylic oxidation sites excluding steroid dienone is 1. The molecule has 0 aromatic rings. The quantitative estimate of drug-likeness (QED) is 0.321. The van der Waals surface area contributed by atoms with Crippen molar-refractivity contribution in [1.82, 2.24) is 0 Å². The lowest BCUT2D eigenvalue weighted by molar-refractivity contribution is -0.451. The van der Waals surface area contributed by atoms with Crippen LogP contribution < -0.4 is 16.5 Å². The van der Waals surface area contributed by atoms with Crippen LogP contribution in [0.3, 0.4) is 0 Å². The number of nitrogens with one attached hydrogen (secondary N) is 1. The Labute approximate surface area is 87.7 Å². The van der Waals surface area contributed by atoms with Gasteiger partial charge in [-0.05, 0) is 18.9 Å². The van der Waals surface area contributed by atoms with E-state index in [1.165, 1.54) is 6.08 Å². The van der Waals surface area contributed by atoms with Crippen molar-refractivity contribution in [1.29, 1.82) is 0 Å². The molecule has 5 nitrogen and oxygen atoms in total. The summed E-state index contributed by atoms with van der Waals surface area (Å²) in [6.45, 7) is 1.64. The molecule has 0 aromatic carbocycles. The number of carboxylic acid groups (broad SMARTS) is 1. The lowest BCUT2D eigenvalue weighted by Crippen LogP contribution is -2.74. The smallest absolute Gasteiger partial charge is 0.320 e. The highest BCUT2D eigenvalue weighted by molar-refractivity contribution is 5.73. The minimum Gasteiger partial charge on any atom is -0.480 e. The summed E-state index contributed by atoms with van der Waals surface area (Å²) in [4.78, 5) is 12.9.